The topological polar surface area (TPSA) is 67.9 Å². The maximum absolute atomic E-state index is 12.8. The molecule has 138 valence electrons. The van der Waals surface area contributed by atoms with Crippen molar-refractivity contribution in [1.29, 1.82) is 0 Å². The molecule has 1 aromatic heterocycles. The summed E-state index contributed by atoms with van der Waals surface area (Å²) in [5.74, 6) is 1.08. The van der Waals surface area contributed by atoms with Gasteiger partial charge in [0.1, 0.15) is 11.5 Å². The molecule has 0 bridgehead atoms. The van der Waals surface area contributed by atoms with Crippen molar-refractivity contribution in [3.63, 3.8) is 0 Å². The summed E-state index contributed by atoms with van der Waals surface area (Å²) in [6.45, 7) is 1.21. The van der Waals surface area contributed by atoms with Crippen LogP contribution in [0.25, 0.3) is 0 Å². The van der Waals surface area contributed by atoms with Gasteiger partial charge in [-0.1, -0.05) is 0 Å². The van der Waals surface area contributed by atoms with Crippen molar-refractivity contribution in [3.8, 4) is 11.5 Å². The number of nitrogens with zero attached hydrogens (tertiary/aromatic N) is 1. The average Bonchev–Trinajstić information content (AvgIpc) is 3.22. The van der Waals surface area contributed by atoms with Crippen LogP contribution in [-0.2, 0) is 0 Å². The van der Waals surface area contributed by atoms with Crippen LogP contribution >= 0.6 is 11.3 Å². The number of carbonyl (C=O) groups is 2. The summed E-state index contributed by atoms with van der Waals surface area (Å²) in [7, 11) is 3.12. The molecule has 1 fully saturated rings. The lowest BCUT2D eigenvalue weighted by Gasteiger charge is -2.32. The van der Waals surface area contributed by atoms with Crippen LogP contribution in [0.3, 0.4) is 0 Å². The SMILES string of the molecule is COc1cc(OC)cc(C(=O)N2CCC(NC(=O)c3ccsc3)CC2)c1. The van der Waals surface area contributed by atoms with Gasteiger partial charge >= 0.3 is 0 Å². The summed E-state index contributed by atoms with van der Waals surface area (Å²) in [6.07, 6.45) is 1.48. The highest BCUT2D eigenvalue weighted by Gasteiger charge is 2.25. The fourth-order valence-electron chi connectivity index (χ4n) is 3.00. The van der Waals surface area contributed by atoms with Gasteiger partial charge in [-0.15, -0.1) is 0 Å². The molecular formula is C19H22N2O4S. The highest BCUT2D eigenvalue weighted by Crippen LogP contribution is 2.24. The van der Waals surface area contributed by atoms with Crippen LogP contribution in [0.1, 0.15) is 33.6 Å². The minimum Gasteiger partial charge on any atom is -0.497 e. The first-order valence-corrected chi connectivity index (χ1v) is 9.40. The van der Waals surface area contributed by atoms with E-state index in [4.69, 9.17) is 9.47 Å². The van der Waals surface area contributed by atoms with E-state index in [0.717, 1.165) is 12.8 Å². The minimum absolute atomic E-state index is 0.0476. The van der Waals surface area contributed by atoms with Crippen LogP contribution in [0.5, 0.6) is 11.5 Å². The van der Waals surface area contributed by atoms with E-state index in [0.29, 0.717) is 35.7 Å². The van der Waals surface area contributed by atoms with Crippen molar-refractivity contribution < 1.29 is 19.1 Å². The van der Waals surface area contributed by atoms with Crippen molar-refractivity contribution in [2.45, 2.75) is 18.9 Å². The Labute approximate surface area is 156 Å². The number of piperidine rings is 1. The quantitative estimate of drug-likeness (QED) is 0.874. The molecule has 0 unspecified atom stereocenters. The predicted molar refractivity (Wildman–Crippen MR) is 100 cm³/mol. The summed E-state index contributed by atoms with van der Waals surface area (Å²) < 4.78 is 10.5. The first-order chi connectivity index (χ1) is 12.6. The highest BCUT2D eigenvalue weighted by atomic mass is 32.1. The maximum atomic E-state index is 12.8. The molecule has 1 N–H and O–H groups in total. The van der Waals surface area contributed by atoms with E-state index in [2.05, 4.69) is 5.32 Å². The molecule has 0 radical (unpaired) electrons. The third-order valence-corrected chi connectivity index (χ3v) is 5.18. The molecule has 0 atom stereocenters. The van der Waals surface area contributed by atoms with Gasteiger partial charge in [-0.05, 0) is 36.4 Å². The second-order valence-corrected chi connectivity index (χ2v) is 6.93. The van der Waals surface area contributed by atoms with Crippen molar-refractivity contribution >= 4 is 23.2 Å². The van der Waals surface area contributed by atoms with Crippen LogP contribution in [0.4, 0.5) is 0 Å². The van der Waals surface area contributed by atoms with Gasteiger partial charge < -0.3 is 19.7 Å². The Kier molecular flexibility index (Phi) is 5.78. The average molecular weight is 374 g/mol. The van der Waals surface area contributed by atoms with Gasteiger partial charge in [-0.3, -0.25) is 9.59 Å². The number of hydrogen-bond donors (Lipinski definition) is 1. The lowest BCUT2D eigenvalue weighted by molar-refractivity contribution is 0.0697. The van der Waals surface area contributed by atoms with Crippen molar-refractivity contribution in [2.75, 3.05) is 27.3 Å². The Hall–Kier alpha value is -2.54. The standard InChI is InChI=1S/C19H22N2O4S/c1-24-16-9-14(10-17(11-16)25-2)19(23)21-6-3-15(4-7-21)20-18(22)13-5-8-26-12-13/h5,8-12,15H,3-4,6-7H2,1-2H3,(H,20,22). The van der Waals surface area contributed by atoms with Gasteiger partial charge in [0.25, 0.3) is 11.8 Å². The smallest absolute Gasteiger partial charge is 0.254 e. The molecule has 2 heterocycles. The molecule has 1 aromatic carbocycles. The largest absolute Gasteiger partial charge is 0.497 e. The Bertz CT molecular complexity index is 746. The fourth-order valence-corrected chi connectivity index (χ4v) is 3.64. The lowest BCUT2D eigenvalue weighted by atomic mass is 10.0. The zero-order chi connectivity index (χ0) is 18.5. The fraction of sp³-hybridized carbons (Fsp3) is 0.368. The van der Waals surface area contributed by atoms with Gasteiger partial charge in [-0.2, -0.15) is 11.3 Å². The number of thiophene rings is 1. The molecule has 6 nitrogen and oxygen atoms in total. The summed E-state index contributed by atoms with van der Waals surface area (Å²) in [6, 6.07) is 7.08. The number of rotatable bonds is 5. The number of nitrogens with one attached hydrogen (secondary N) is 1. The Balaban J connectivity index is 1.59. The van der Waals surface area contributed by atoms with Crippen molar-refractivity contribution in [1.82, 2.24) is 10.2 Å². The molecule has 1 aliphatic rings. The molecule has 0 spiro atoms. The molecule has 1 aliphatic heterocycles. The van der Waals surface area contributed by atoms with Crippen LogP contribution in [0, 0.1) is 0 Å². The zero-order valence-corrected chi connectivity index (χ0v) is 15.7. The van der Waals surface area contributed by atoms with Crippen LogP contribution in [0.15, 0.2) is 35.0 Å². The van der Waals surface area contributed by atoms with Gasteiger partial charge in [0.2, 0.25) is 0 Å². The first-order valence-electron chi connectivity index (χ1n) is 8.46. The predicted octanol–water partition coefficient (Wildman–Crippen LogP) is 2.80. The second-order valence-electron chi connectivity index (χ2n) is 6.15. The Morgan fingerprint density at radius 2 is 1.73 bits per heavy atom. The maximum Gasteiger partial charge on any atom is 0.254 e. The Morgan fingerprint density at radius 1 is 1.08 bits per heavy atom. The van der Waals surface area contributed by atoms with Gasteiger partial charge in [0, 0.05) is 41.7 Å². The van der Waals surface area contributed by atoms with Crippen LogP contribution in [-0.4, -0.2) is 50.1 Å². The van der Waals surface area contributed by atoms with Gasteiger partial charge in [0.15, 0.2) is 0 Å². The molecule has 2 amide bonds. The minimum atomic E-state index is -0.0511. The number of ether oxygens (including phenoxy) is 2. The number of carbonyl (C=O) groups excluding carboxylic acids is 2. The number of benzene rings is 1. The highest BCUT2D eigenvalue weighted by molar-refractivity contribution is 7.08. The molecule has 0 aliphatic carbocycles. The van der Waals surface area contributed by atoms with Gasteiger partial charge in [-0.25, -0.2) is 0 Å². The lowest BCUT2D eigenvalue weighted by Crippen LogP contribution is -2.46. The third kappa shape index (κ3) is 4.16. The van der Waals surface area contributed by atoms with E-state index < -0.39 is 0 Å². The molecule has 26 heavy (non-hydrogen) atoms. The van der Waals surface area contributed by atoms with E-state index in [1.165, 1.54) is 11.3 Å². The normalized spacial score (nSPS) is 14.8. The Morgan fingerprint density at radius 3 is 2.27 bits per heavy atom. The number of amides is 2. The molecule has 1 saturated heterocycles. The number of likely N-dealkylation sites (tertiary alicyclic amines) is 1. The van der Waals surface area contributed by atoms with Crippen LogP contribution in [0.2, 0.25) is 0 Å². The van der Waals surface area contributed by atoms with E-state index >= 15 is 0 Å². The van der Waals surface area contributed by atoms with Crippen molar-refractivity contribution in [3.05, 3.63) is 46.2 Å². The number of methoxy groups -OCH3 is 2. The van der Waals surface area contributed by atoms with E-state index in [9.17, 15) is 9.59 Å². The summed E-state index contributed by atoms with van der Waals surface area (Å²) in [5.41, 5.74) is 1.24. The molecule has 2 aromatic rings. The van der Waals surface area contributed by atoms with Crippen molar-refractivity contribution in [2.24, 2.45) is 0 Å². The van der Waals surface area contributed by atoms with E-state index in [-0.39, 0.29) is 17.9 Å². The van der Waals surface area contributed by atoms with E-state index in [1.54, 1.807) is 32.4 Å². The monoisotopic (exact) mass is 374 g/mol. The second kappa shape index (κ2) is 8.23. The summed E-state index contributed by atoms with van der Waals surface area (Å²) in [4.78, 5) is 26.7. The molecule has 0 saturated carbocycles. The summed E-state index contributed by atoms with van der Waals surface area (Å²) in [5, 5.41) is 6.77. The van der Waals surface area contributed by atoms with Crippen LogP contribution < -0.4 is 14.8 Å². The third-order valence-electron chi connectivity index (χ3n) is 4.50. The summed E-state index contributed by atoms with van der Waals surface area (Å²) >= 11 is 1.50. The number of hydrogen-bond acceptors (Lipinski definition) is 5. The molecular weight excluding hydrogens is 352 g/mol. The zero-order valence-electron chi connectivity index (χ0n) is 14.9. The first kappa shape index (κ1) is 18.3. The van der Waals surface area contributed by atoms with E-state index in [1.807, 2.05) is 21.7 Å². The molecule has 7 heteroatoms. The van der Waals surface area contributed by atoms with Gasteiger partial charge in [0.05, 0.1) is 14.2 Å². The molecule has 3 rings (SSSR count).